The minimum atomic E-state index is -0.181. The first-order valence-corrected chi connectivity index (χ1v) is 9.66. The SMILES string of the molecule is Cc1ccc(CCN2C[C@H](C(=O)N[C@@H]3CCCC[C@@H]3C)CC2=O)cc1. The molecule has 2 amide bonds. The van der Waals surface area contributed by atoms with E-state index in [1.54, 1.807) is 0 Å². The molecule has 1 saturated heterocycles. The van der Waals surface area contributed by atoms with E-state index in [1.165, 1.54) is 30.4 Å². The number of carbonyl (C=O) groups excluding carboxylic acids is 2. The van der Waals surface area contributed by atoms with E-state index in [0.717, 1.165) is 12.8 Å². The number of likely N-dealkylation sites (tertiary alicyclic amines) is 1. The largest absolute Gasteiger partial charge is 0.353 e. The van der Waals surface area contributed by atoms with Crippen molar-refractivity contribution in [1.82, 2.24) is 10.2 Å². The second-order valence-corrected chi connectivity index (χ2v) is 7.85. The van der Waals surface area contributed by atoms with E-state index in [0.29, 0.717) is 25.4 Å². The van der Waals surface area contributed by atoms with Crippen molar-refractivity contribution in [2.75, 3.05) is 13.1 Å². The van der Waals surface area contributed by atoms with Gasteiger partial charge in [0.2, 0.25) is 11.8 Å². The molecule has 3 atom stereocenters. The summed E-state index contributed by atoms with van der Waals surface area (Å²) in [7, 11) is 0. The summed E-state index contributed by atoms with van der Waals surface area (Å²) < 4.78 is 0. The zero-order chi connectivity index (χ0) is 17.8. The monoisotopic (exact) mass is 342 g/mol. The maximum Gasteiger partial charge on any atom is 0.225 e. The number of nitrogens with one attached hydrogen (secondary N) is 1. The van der Waals surface area contributed by atoms with Crippen LogP contribution < -0.4 is 5.32 Å². The molecule has 4 nitrogen and oxygen atoms in total. The topological polar surface area (TPSA) is 49.4 Å². The van der Waals surface area contributed by atoms with Crippen LogP contribution in [0.3, 0.4) is 0 Å². The van der Waals surface area contributed by atoms with E-state index in [4.69, 9.17) is 0 Å². The molecule has 1 aromatic carbocycles. The molecule has 0 spiro atoms. The summed E-state index contributed by atoms with van der Waals surface area (Å²) in [5.41, 5.74) is 2.48. The second-order valence-electron chi connectivity index (χ2n) is 7.85. The zero-order valence-corrected chi connectivity index (χ0v) is 15.5. The van der Waals surface area contributed by atoms with Gasteiger partial charge in [-0.2, -0.15) is 0 Å². The van der Waals surface area contributed by atoms with Crippen LogP contribution in [0, 0.1) is 18.8 Å². The van der Waals surface area contributed by atoms with Crippen LogP contribution in [0.2, 0.25) is 0 Å². The predicted molar refractivity (Wildman–Crippen MR) is 99.1 cm³/mol. The number of rotatable bonds is 5. The van der Waals surface area contributed by atoms with Crippen molar-refractivity contribution in [1.29, 1.82) is 0 Å². The Labute approximate surface area is 151 Å². The quantitative estimate of drug-likeness (QED) is 0.894. The van der Waals surface area contributed by atoms with Gasteiger partial charge in [-0.05, 0) is 37.7 Å². The van der Waals surface area contributed by atoms with E-state index >= 15 is 0 Å². The molecule has 4 heteroatoms. The average molecular weight is 342 g/mol. The Balaban J connectivity index is 1.49. The molecule has 0 aromatic heterocycles. The first-order valence-electron chi connectivity index (χ1n) is 9.66. The molecular formula is C21H30N2O2. The van der Waals surface area contributed by atoms with Crippen LogP contribution >= 0.6 is 0 Å². The van der Waals surface area contributed by atoms with E-state index in [9.17, 15) is 9.59 Å². The van der Waals surface area contributed by atoms with Gasteiger partial charge in [-0.15, -0.1) is 0 Å². The van der Waals surface area contributed by atoms with E-state index in [-0.39, 0.29) is 23.8 Å². The summed E-state index contributed by atoms with van der Waals surface area (Å²) >= 11 is 0. The highest BCUT2D eigenvalue weighted by atomic mass is 16.2. The minimum absolute atomic E-state index is 0.0740. The van der Waals surface area contributed by atoms with Crippen LogP contribution in [0.15, 0.2) is 24.3 Å². The Bertz CT molecular complexity index is 611. The molecule has 2 fully saturated rings. The number of benzene rings is 1. The van der Waals surface area contributed by atoms with E-state index in [1.807, 2.05) is 4.90 Å². The molecular weight excluding hydrogens is 312 g/mol. The fraction of sp³-hybridized carbons (Fsp3) is 0.619. The molecule has 2 aliphatic rings. The van der Waals surface area contributed by atoms with Crippen LogP contribution in [-0.4, -0.2) is 35.8 Å². The Morgan fingerprint density at radius 3 is 2.64 bits per heavy atom. The number of aryl methyl sites for hydroxylation is 1. The van der Waals surface area contributed by atoms with Crippen molar-refractivity contribution in [3.05, 3.63) is 35.4 Å². The second kappa shape index (κ2) is 8.03. The van der Waals surface area contributed by atoms with Gasteiger partial charge >= 0.3 is 0 Å². The van der Waals surface area contributed by atoms with Gasteiger partial charge < -0.3 is 10.2 Å². The predicted octanol–water partition coefficient (Wildman–Crippen LogP) is 3.08. The fourth-order valence-corrected chi connectivity index (χ4v) is 4.01. The van der Waals surface area contributed by atoms with Gasteiger partial charge in [0.1, 0.15) is 0 Å². The van der Waals surface area contributed by atoms with Crippen molar-refractivity contribution in [2.45, 2.75) is 58.4 Å². The molecule has 3 rings (SSSR count). The third-order valence-corrected chi connectivity index (χ3v) is 5.82. The van der Waals surface area contributed by atoms with Crippen molar-refractivity contribution < 1.29 is 9.59 Å². The maximum absolute atomic E-state index is 12.6. The molecule has 1 aliphatic heterocycles. The van der Waals surface area contributed by atoms with E-state index in [2.05, 4.69) is 43.4 Å². The third-order valence-electron chi connectivity index (χ3n) is 5.82. The molecule has 1 aliphatic carbocycles. The number of hydrogen-bond acceptors (Lipinski definition) is 2. The first kappa shape index (κ1) is 18.0. The molecule has 1 N–H and O–H groups in total. The molecule has 0 radical (unpaired) electrons. The highest BCUT2D eigenvalue weighted by Crippen LogP contribution is 2.25. The first-order chi connectivity index (χ1) is 12.0. The highest BCUT2D eigenvalue weighted by molar-refractivity contribution is 5.89. The lowest BCUT2D eigenvalue weighted by Crippen LogP contribution is -2.44. The van der Waals surface area contributed by atoms with E-state index < -0.39 is 0 Å². The zero-order valence-electron chi connectivity index (χ0n) is 15.5. The highest BCUT2D eigenvalue weighted by Gasteiger charge is 2.35. The van der Waals surface area contributed by atoms with Gasteiger partial charge in [0.05, 0.1) is 5.92 Å². The molecule has 1 heterocycles. The molecule has 25 heavy (non-hydrogen) atoms. The van der Waals surface area contributed by atoms with Crippen LogP contribution in [0.1, 0.15) is 50.2 Å². The Morgan fingerprint density at radius 1 is 1.20 bits per heavy atom. The Hall–Kier alpha value is -1.84. The minimum Gasteiger partial charge on any atom is -0.353 e. The summed E-state index contributed by atoms with van der Waals surface area (Å²) in [6.45, 7) is 5.56. The van der Waals surface area contributed by atoms with Crippen LogP contribution in [0.25, 0.3) is 0 Å². The third kappa shape index (κ3) is 4.62. The Morgan fingerprint density at radius 2 is 1.92 bits per heavy atom. The normalized spacial score (nSPS) is 26.7. The van der Waals surface area contributed by atoms with Gasteiger partial charge in [-0.25, -0.2) is 0 Å². The van der Waals surface area contributed by atoms with Gasteiger partial charge in [-0.3, -0.25) is 9.59 Å². The summed E-state index contributed by atoms with van der Waals surface area (Å²) in [6.07, 6.45) is 5.94. The number of amides is 2. The molecule has 1 saturated carbocycles. The number of nitrogens with zero attached hydrogens (tertiary/aromatic N) is 1. The molecule has 0 unspecified atom stereocenters. The average Bonchev–Trinajstić information content (AvgIpc) is 2.97. The summed E-state index contributed by atoms with van der Waals surface area (Å²) in [6, 6.07) is 8.72. The summed E-state index contributed by atoms with van der Waals surface area (Å²) in [4.78, 5) is 26.7. The van der Waals surface area contributed by atoms with Crippen LogP contribution in [0.4, 0.5) is 0 Å². The van der Waals surface area contributed by atoms with Gasteiger partial charge in [0.15, 0.2) is 0 Å². The smallest absolute Gasteiger partial charge is 0.225 e. The van der Waals surface area contributed by atoms with Crippen molar-refractivity contribution in [2.24, 2.45) is 11.8 Å². The lowest BCUT2D eigenvalue weighted by molar-refractivity contribution is -0.129. The number of hydrogen-bond donors (Lipinski definition) is 1. The number of carbonyl (C=O) groups is 2. The molecule has 136 valence electrons. The summed E-state index contributed by atoms with van der Waals surface area (Å²) in [5, 5.41) is 3.21. The van der Waals surface area contributed by atoms with Crippen LogP contribution in [0.5, 0.6) is 0 Å². The molecule has 0 bridgehead atoms. The van der Waals surface area contributed by atoms with Crippen molar-refractivity contribution in [3.63, 3.8) is 0 Å². The fourth-order valence-electron chi connectivity index (χ4n) is 4.01. The van der Waals surface area contributed by atoms with Gasteiger partial charge in [0, 0.05) is 25.6 Å². The van der Waals surface area contributed by atoms with Gasteiger partial charge in [0.25, 0.3) is 0 Å². The van der Waals surface area contributed by atoms with Gasteiger partial charge in [-0.1, -0.05) is 49.6 Å². The lowest BCUT2D eigenvalue weighted by Gasteiger charge is -2.30. The summed E-state index contributed by atoms with van der Waals surface area (Å²) in [5.74, 6) is 0.556. The van der Waals surface area contributed by atoms with Crippen LogP contribution in [-0.2, 0) is 16.0 Å². The lowest BCUT2D eigenvalue weighted by atomic mass is 9.85. The Kier molecular flexibility index (Phi) is 5.77. The standard InChI is InChI=1S/C21H30N2O2/c1-15-7-9-17(10-8-15)11-12-23-14-18(13-20(23)24)21(25)22-19-6-4-3-5-16(19)2/h7-10,16,18-19H,3-6,11-14H2,1-2H3,(H,22,25)/t16-,18+,19+/m0/s1. The molecule has 1 aromatic rings. The van der Waals surface area contributed by atoms with Crippen molar-refractivity contribution >= 4 is 11.8 Å². The van der Waals surface area contributed by atoms with Crippen molar-refractivity contribution in [3.8, 4) is 0 Å². The maximum atomic E-state index is 12.6.